The molecule has 1 N–H and O–H groups in total. The zero-order valence-electron chi connectivity index (χ0n) is 8.13. The quantitative estimate of drug-likeness (QED) is 0.913. The molecule has 1 heterocycles. The van der Waals surface area contributed by atoms with Gasteiger partial charge in [0.15, 0.2) is 0 Å². The lowest BCUT2D eigenvalue weighted by Gasteiger charge is -2.34. The molecule has 0 spiro atoms. The molecule has 1 aliphatic carbocycles. The number of nitrogens with one attached hydrogen (secondary N) is 1. The molecule has 0 radical (unpaired) electrons. The van der Waals surface area contributed by atoms with Crippen molar-refractivity contribution in [3.8, 4) is 0 Å². The van der Waals surface area contributed by atoms with Crippen molar-refractivity contribution in [2.45, 2.75) is 31.5 Å². The van der Waals surface area contributed by atoms with Crippen LogP contribution in [0.5, 0.6) is 0 Å². The highest BCUT2D eigenvalue weighted by atomic mass is 79.9. The second kappa shape index (κ2) is 4.75. The van der Waals surface area contributed by atoms with E-state index in [-0.39, 0.29) is 0 Å². The molecule has 1 aromatic rings. The first kappa shape index (κ1) is 10.6. The zero-order chi connectivity index (χ0) is 9.97. The highest BCUT2D eigenvalue weighted by Gasteiger charge is 2.28. The first-order valence-corrected chi connectivity index (χ1v) is 6.45. The molecule has 0 aromatic carbocycles. The van der Waals surface area contributed by atoms with Gasteiger partial charge in [0.2, 0.25) is 0 Å². The molecule has 2 rings (SSSR count). The van der Waals surface area contributed by atoms with Crippen molar-refractivity contribution in [2.24, 2.45) is 0 Å². The standard InChI is InChI=1S/C10H14BrNOS/c1-13-8-4-7(5-8)12-6-10-9(11)2-3-14-10/h2-3,7-8,12H,4-6H2,1H3. The Morgan fingerprint density at radius 2 is 2.43 bits per heavy atom. The van der Waals surface area contributed by atoms with Gasteiger partial charge in [-0.05, 0) is 40.2 Å². The predicted octanol–water partition coefficient (Wildman–Crippen LogP) is 2.78. The molecule has 0 atom stereocenters. The summed E-state index contributed by atoms with van der Waals surface area (Å²) < 4.78 is 6.45. The average Bonchev–Trinajstić information content (AvgIpc) is 2.49. The molecule has 0 unspecified atom stereocenters. The summed E-state index contributed by atoms with van der Waals surface area (Å²) in [5.41, 5.74) is 0. The van der Waals surface area contributed by atoms with Gasteiger partial charge in [0.25, 0.3) is 0 Å². The van der Waals surface area contributed by atoms with Crippen molar-refractivity contribution in [1.82, 2.24) is 5.32 Å². The Kier molecular flexibility index (Phi) is 3.60. The molecule has 1 fully saturated rings. The largest absolute Gasteiger partial charge is 0.381 e. The molecule has 0 amide bonds. The molecule has 0 saturated heterocycles. The summed E-state index contributed by atoms with van der Waals surface area (Å²) in [5.74, 6) is 0. The smallest absolute Gasteiger partial charge is 0.0601 e. The van der Waals surface area contributed by atoms with Gasteiger partial charge in [-0.3, -0.25) is 0 Å². The van der Waals surface area contributed by atoms with Crippen LogP contribution in [-0.4, -0.2) is 19.3 Å². The van der Waals surface area contributed by atoms with Crippen molar-refractivity contribution in [3.63, 3.8) is 0 Å². The number of halogens is 1. The SMILES string of the molecule is COC1CC(NCc2sccc2Br)C1. The Morgan fingerprint density at radius 1 is 1.64 bits per heavy atom. The molecule has 2 nitrogen and oxygen atoms in total. The minimum Gasteiger partial charge on any atom is -0.381 e. The summed E-state index contributed by atoms with van der Waals surface area (Å²) in [4.78, 5) is 1.38. The van der Waals surface area contributed by atoms with Gasteiger partial charge >= 0.3 is 0 Å². The number of rotatable bonds is 4. The van der Waals surface area contributed by atoms with Crippen LogP contribution in [0.1, 0.15) is 17.7 Å². The van der Waals surface area contributed by atoms with E-state index in [1.165, 1.54) is 9.35 Å². The highest BCUT2D eigenvalue weighted by Crippen LogP contribution is 2.25. The fourth-order valence-electron chi connectivity index (χ4n) is 1.61. The van der Waals surface area contributed by atoms with Crippen molar-refractivity contribution in [1.29, 1.82) is 0 Å². The van der Waals surface area contributed by atoms with Crippen molar-refractivity contribution in [3.05, 3.63) is 20.8 Å². The average molecular weight is 276 g/mol. The summed E-state index contributed by atoms with van der Waals surface area (Å²) in [6.45, 7) is 0.972. The van der Waals surface area contributed by atoms with E-state index in [9.17, 15) is 0 Å². The van der Waals surface area contributed by atoms with Crippen LogP contribution in [0, 0.1) is 0 Å². The van der Waals surface area contributed by atoms with E-state index >= 15 is 0 Å². The highest BCUT2D eigenvalue weighted by molar-refractivity contribution is 9.10. The Labute approximate surface area is 96.8 Å². The fourth-order valence-corrected chi connectivity index (χ4v) is 3.06. The summed E-state index contributed by atoms with van der Waals surface area (Å²) >= 11 is 5.32. The zero-order valence-corrected chi connectivity index (χ0v) is 10.5. The summed E-state index contributed by atoms with van der Waals surface area (Å²) in [7, 11) is 1.79. The van der Waals surface area contributed by atoms with Gasteiger partial charge in [-0.25, -0.2) is 0 Å². The van der Waals surface area contributed by atoms with E-state index < -0.39 is 0 Å². The van der Waals surface area contributed by atoms with Crippen LogP contribution in [0.25, 0.3) is 0 Å². The lowest BCUT2D eigenvalue weighted by Crippen LogP contribution is -2.44. The maximum atomic E-state index is 5.23. The van der Waals surface area contributed by atoms with E-state index in [0.717, 1.165) is 19.4 Å². The normalized spacial score (nSPS) is 26.1. The third kappa shape index (κ3) is 2.37. The molecule has 1 saturated carbocycles. The monoisotopic (exact) mass is 275 g/mol. The maximum Gasteiger partial charge on any atom is 0.0601 e. The van der Waals surface area contributed by atoms with Gasteiger partial charge in [0.05, 0.1) is 6.10 Å². The van der Waals surface area contributed by atoms with Gasteiger partial charge < -0.3 is 10.1 Å². The van der Waals surface area contributed by atoms with E-state index in [4.69, 9.17) is 4.74 Å². The molecular formula is C10H14BrNOS. The first-order valence-electron chi connectivity index (χ1n) is 4.77. The third-order valence-electron chi connectivity index (χ3n) is 2.67. The molecule has 14 heavy (non-hydrogen) atoms. The molecule has 1 aliphatic rings. The van der Waals surface area contributed by atoms with E-state index in [2.05, 4.69) is 32.7 Å². The van der Waals surface area contributed by atoms with Crippen LogP contribution in [0.4, 0.5) is 0 Å². The van der Waals surface area contributed by atoms with Crippen molar-refractivity contribution < 1.29 is 4.74 Å². The minimum atomic E-state index is 0.485. The van der Waals surface area contributed by atoms with Gasteiger partial charge in [0.1, 0.15) is 0 Å². The Morgan fingerprint density at radius 3 is 3.00 bits per heavy atom. The second-order valence-corrected chi connectivity index (χ2v) is 5.45. The molecule has 4 heteroatoms. The summed E-state index contributed by atoms with van der Waals surface area (Å²) in [6, 6.07) is 2.74. The molecular weight excluding hydrogens is 262 g/mol. The lowest BCUT2D eigenvalue weighted by molar-refractivity contribution is 0.0170. The molecule has 78 valence electrons. The summed E-state index contributed by atoms with van der Waals surface area (Å²) in [5, 5.41) is 5.64. The lowest BCUT2D eigenvalue weighted by atomic mass is 9.89. The number of hydrogen-bond acceptors (Lipinski definition) is 3. The van der Waals surface area contributed by atoms with Crippen LogP contribution < -0.4 is 5.32 Å². The molecule has 1 aromatic heterocycles. The van der Waals surface area contributed by atoms with Gasteiger partial charge in [0, 0.05) is 29.0 Å². The topological polar surface area (TPSA) is 21.3 Å². The third-order valence-corrected chi connectivity index (χ3v) is 4.60. The van der Waals surface area contributed by atoms with E-state index in [0.29, 0.717) is 12.1 Å². The van der Waals surface area contributed by atoms with Gasteiger partial charge in [-0.15, -0.1) is 11.3 Å². The Bertz CT molecular complexity index is 296. The number of ether oxygens (including phenoxy) is 1. The van der Waals surface area contributed by atoms with Gasteiger partial charge in [-0.2, -0.15) is 0 Å². The Hall–Kier alpha value is 0.100. The van der Waals surface area contributed by atoms with Crippen LogP contribution in [0.2, 0.25) is 0 Å². The van der Waals surface area contributed by atoms with Crippen molar-refractivity contribution >= 4 is 27.3 Å². The van der Waals surface area contributed by atoms with Crippen LogP contribution >= 0.6 is 27.3 Å². The molecule has 0 bridgehead atoms. The van der Waals surface area contributed by atoms with Gasteiger partial charge in [-0.1, -0.05) is 0 Å². The van der Waals surface area contributed by atoms with E-state index in [1.807, 2.05) is 0 Å². The maximum absolute atomic E-state index is 5.23. The fraction of sp³-hybridized carbons (Fsp3) is 0.600. The number of methoxy groups -OCH3 is 1. The van der Waals surface area contributed by atoms with Crippen LogP contribution in [-0.2, 0) is 11.3 Å². The first-order chi connectivity index (χ1) is 6.79. The molecule has 0 aliphatic heterocycles. The van der Waals surface area contributed by atoms with E-state index in [1.54, 1.807) is 18.4 Å². The predicted molar refractivity (Wildman–Crippen MR) is 62.7 cm³/mol. The number of hydrogen-bond donors (Lipinski definition) is 1. The Balaban J connectivity index is 1.72. The summed E-state index contributed by atoms with van der Waals surface area (Å²) in [6.07, 6.45) is 2.79. The second-order valence-electron chi connectivity index (χ2n) is 3.60. The van der Waals surface area contributed by atoms with Crippen LogP contribution in [0.3, 0.4) is 0 Å². The minimum absolute atomic E-state index is 0.485. The van der Waals surface area contributed by atoms with Crippen molar-refractivity contribution in [2.75, 3.05) is 7.11 Å². The number of thiophene rings is 1. The van der Waals surface area contributed by atoms with Crippen LogP contribution in [0.15, 0.2) is 15.9 Å².